The number of benzene rings is 3. The molecular formula is C35H44ClN3O5S. The number of rotatable bonds is 14. The molecule has 0 radical (unpaired) electrons. The van der Waals surface area contributed by atoms with Crippen LogP contribution in [0.1, 0.15) is 61.6 Å². The summed E-state index contributed by atoms with van der Waals surface area (Å²) in [4.78, 5) is 29.8. The fraction of sp³-hybridized carbons (Fsp3) is 0.429. The highest BCUT2D eigenvalue weighted by molar-refractivity contribution is 7.92. The molecule has 2 amide bonds. The standard InChI is InChI=1S/C35H44ClN3O5S/c1-26-13-10-11-16-28(26)25-38(32(23-27-14-6-4-7-15-27)35(41)37-29-17-8-5-9-18-29)34(40)19-12-22-39(45(3,42)43)30-20-21-33(44-2)31(36)24-30/h4,6-7,10-11,13-16,20-21,24,29,32H,5,8-9,12,17-19,22-23,25H2,1-3H3,(H,37,41). The topological polar surface area (TPSA) is 96.0 Å². The Kier molecular flexibility index (Phi) is 12.3. The minimum absolute atomic E-state index is 0.0593. The molecule has 1 saturated carbocycles. The van der Waals surface area contributed by atoms with Crippen LogP contribution in [0.2, 0.25) is 5.02 Å². The number of nitrogens with one attached hydrogen (secondary N) is 1. The second-order valence-corrected chi connectivity index (χ2v) is 14.1. The van der Waals surface area contributed by atoms with E-state index in [1.807, 2.05) is 61.5 Å². The molecular weight excluding hydrogens is 610 g/mol. The molecule has 1 unspecified atom stereocenters. The zero-order chi connectivity index (χ0) is 32.4. The fourth-order valence-corrected chi connectivity index (χ4v) is 7.09. The zero-order valence-electron chi connectivity index (χ0n) is 26.4. The van der Waals surface area contributed by atoms with Gasteiger partial charge in [-0.1, -0.05) is 85.5 Å². The van der Waals surface area contributed by atoms with E-state index >= 15 is 0 Å². The summed E-state index contributed by atoms with van der Waals surface area (Å²) in [6.07, 6.45) is 7.02. The number of methoxy groups -OCH3 is 1. The number of ether oxygens (including phenoxy) is 1. The first-order valence-corrected chi connectivity index (χ1v) is 17.8. The second kappa shape index (κ2) is 16.1. The normalized spacial score (nSPS) is 14.4. The summed E-state index contributed by atoms with van der Waals surface area (Å²) in [5, 5.41) is 3.55. The number of anilines is 1. The van der Waals surface area contributed by atoms with E-state index in [2.05, 4.69) is 5.32 Å². The lowest BCUT2D eigenvalue weighted by Gasteiger charge is -2.34. The number of aryl methyl sites for hydroxylation is 1. The summed E-state index contributed by atoms with van der Waals surface area (Å²) in [6, 6.07) is 21.8. The molecule has 4 rings (SSSR count). The van der Waals surface area contributed by atoms with Gasteiger partial charge in [-0.05, 0) is 61.1 Å². The van der Waals surface area contributed by atoms with Crippen molar-refractivity contribution in [2.75, 3.05) is 24.2 Å². The molecule has 3 aromatic carbocycles. The Labute approximate surface area is 272 Å². The number of carbonyl (C=O) groups is 2. The number of hydrogen-bond donors (Lipinski definition) is 1. The number of carbonyl (C=O) groups excluding carboxylic acids is 2. The lowest BCUT2D eigenvalue weighted by molar-refractivity contribution is -0.141. The molecule has 8 nitrogen and oxygen atoms in total. The van der Waals surface area contributed by atoms with Gasteiger partial charge in [0.2, 0.25) is 21.8 Å². The lowest BCUT2D eigenvalue weighted by Crippen LogP contribution is -2.53. The number of nitrogens with zero attached hydrogens (tertiary/aromatic N) is 2. The molecule has 45 heavy (non-hydrogen) atoms. The molecule has 1 aliphatic carbocycles. The van der Waals surface area contributed by atoms with Crippen LogP contribution < -0.4 is 14.4 Å². The van der Waals surface area contributed by atoms with Crippen LogP contribution in [0.15, 0.2) is 72.8 Å². The molecule has 10 heteroatoms. The molecule has 1 aliphatic rings. The monoisotopic (exact) mass is 653 g/mol. The molecule has 0 aliphatic heterocycles. The van der Waals surface area contributed by atoms with E-state index in [-0.39, 0.29) is 48.8 Å². The molecule has 3 aromatic rings. The van der Waals surface area contributed by atoms with Crippen molar-refractivity contribution in [3.8, 4) is 5.75 Å². The van der Waals surface area contributed by atoms with Gasteiger partial charge < -0.3 is 15.0 Å². The summed E-state index contributed by atoms with van der Waals surface area (Å²) < 4.78 is 32.0. The maximum atomic E-state index is 14.1. The van der Waals surface area contributed by atoms with Gasteiger partial charge in [-0.3, -0.25) is 13.9 Å². The third-order valence-electron chi connectivity index (χ3n) is 8.40. The highest BCUT2D eigenvalue weighted by atomic mass is 35.5. The first-order chi connectivity index (χ1) is 21.6. The third-order valence-corrected chi connectivity index (χ3v) is 9.89. The van der Waals surface area contributed by atoms with Crippen molar-refractivity contribution in [3.05, 3.63) is 94.5 Å². The number of amides is 2. The van der Waals surface area contributed by atoms with Gasteiger partial charge in [0.05, 0.1) is 24.1 Å². The number of sulfonamides is 1. The van der Waals surface area contributed by atoms with E-state index in [1.165, 1.54) is 17.8 Å². The summed E-state index contributed by atoms with van der Waals surface area (Å²) in [5.41, 5.74) is 3.34. The predicted molar refractivity (Wildman–Crippen MR) is 180 cm³/mol. The van der Waals surface area contributed by atoms with E-state index in [9.17, 15) is 18.0 Å². The maximum Gasteiger partial charge on any atom is 0.243 e. The minimum atomic E-state index is -3.67. The quantitative estimate of drug-likeness (QED) is 0.221. The highest BCUT2D eigenvalue weighted by Gasteiger charge is 2.32. The molecule has 0 heterocycles. The van der Waals surface area contributed by atoms with Crippen molar-refractivity contribution in [2.45, 2.75) is 76.9 Å². The van der Waals surface area contributed by atoms with Crippen molar-refractivity contribution in [1.82, 2.24) is 10.2 Å². The van der Waals surface area contributed by atoms with Gasteiger partial charge in [0.1, 0.15) is 11.8 Å². The summed E-state index contributed by atoms with van der Waals surface area (Å²) in [5.74, 6) is 0.0735. The van der Waals surface area contributed by atoms with Crippen LogP contribution in [0.5, 0.6) is 5.75 Å². The smallest absolute Gasteiger partial charge is 0.243 e. The van der Waals surface area contributed by atoms with Gasteiger partial charge in [0.25, 0.3) is 0 Å². The Morgan fingerprint density at radius 2 is 1.69 bits per heavy atom. The highest BCUT2D eigenvalue weighted by Crippen LogP contribution is 2.30. The van der Waals surface area contributed by atoms with Crippen LogP contribution in [0, 0.1) is 6.92 Å². The fourth-order valence-electron chi connectivity index (χ4n) is 5.88. The third kappa shape index (κ3) is 9.71. The zero-order valence-corrected chi connectivity index (χ0v) is 27.9. The average molecular weight is 654 g/mol. The first-order valence-electron chi connectivity index (χ1n) is 15.6. The Balaban J connectivity index is 1.60. The summed E-state index contributed by atoms with van der Waals surface area (Å²) >= 11 is 6.30. The SMILES string of the molecule is COc1ccc(N(CCCC(=O)N(Cc2ccccc2C)C(Cc2ccccc2)C(=O)NC2CCCCC2)S(C)(=O)=O)cc1Cl. The molecule has 1 fully saturated rings. The van der Waals surface area contributed by atoms with Crippen molar-refractivity contribution in [2.24, 2.45) is 0 Å². The average Bonchev–Trinajstić information content (AvgIpc) is 3.02. The molecule has 0 spiro atoms. The van der Waals surface area contributed by atoms with E-state index < -0.39 is 16.1 Å². The van der Waals surface area contributed by atoms with Crippen molar-refractivity contribution in [1.29, 1.82) is 0 Å². The van der Waals surface area contributed by atoms with Gasteiger partial charge in [-0.25, -0.2) is 8.42 Å². The number of halogens is 1. The molecule has 1 N–H and O–H groups in total. The molecule has 242 valence electrons. The van der Waals surface area contributed by atoms with Gasteiger partial charge in [0, 0.05) is 32.0 Å². The van der Waals surface area contributed by atoms with Crippen LogP contribution in [0.4, 0.5) is 5.69 Å². The van der Waals surface area contributed by atoms with Gasteiger partial charge >= 0.3 is 0 Å². The van der Waals surface area contributed by atoms with Crippen LogP contribution >= 0.6 is 11.6 Å². The Hall–Kier alpha value is -3.56. The second-order valence-electron chi connectivity index (χ2n) is 11.8. The van der Waals surface area contributed by atoms with Crippen LogP contribution in [-0.4, -0.2) is 57.1 Å². The molecule has 0 saturated heterocycles. The van der Waals surface area contributed by atoms with E-state index in [0.29, 0.717) is 17.9 Å². The van der Waals surface area contributed by atoms with Crippen LogP contribution in [0.3, 0.4) is 0 Å². The van der Waals surface area contributed by atoms with Crippen molar-refractivity contribution >= 4 is 39.1 Å². The summed E-state index contributed by atoms with van der Waals surface area (Å²) in [7, 11) is -2.18. The summed E-state index contributed by atoms with van der Waals surface area (Å²) in [6.45, 7) is 2.34. The van der Waals surface area contributed by atoms with Gasteiger partial charge in [-0.15, -0.1) is 0 Å². The van der Waals surface area contributed by atoms with E-state index in [1.54, 1.807) is 23.1 Å². The van der Waals surface area contributed by atoms with Crippen LogP contribution in [0.25, 0.3) is 0 Å². The van der Waals surface area contributed by atoms with Gasteiger partial charge in [0.15, 0.2) is 0 Å². The molecule has 0 aromatic heterocycles. The van der Waals surface area contributed by atoms with Crippen molar-refractivity contribution < 1.29 is 22.7 Å². The Morgan fingerprint density at radius 3 is 2.33 bits per heavy atom. The van der Waals surface area contributed by atoms with Crippen molar-refractivity contribution in [3.63, 3.8) is 0 Å². The Bertz CT molecular complexity index is 1540. The van der Waals surface area contributed by atoms with E-state index in [4.69, 9.17) is 16.3 Å². The van der Waals surface area contributed by atoms with Gasteiger partial charge in [-0.2, -0.15) is 0 Å². The maximum absolute atomic E-state index is 14.1. The number of hydrogen-bond acceptors (Lipinski definition) is 5. The Morgan fingerprint density at radius 1 is 1.00 bits per heavy atom. The predicted octanol–water partition coefficient (Wildman–Crippen LogP) is 6.29. The minimum Gasteiger partial charge on any atom is -0.495 e. The van der Waals surface area contributed by atoms with Crippen LogP contribution in [-0.2, 0) is 32.6 Å². The molecule has 0 bridgehead atoms. The molecule has 1 atom stereocenters. The largest absolute Gasteiger partial charge is 0.495 e. The lowest BCUT2D eigenvalue weighted by atomic mass is 9.94. The first kappa shape index (κ1) is 34.3. The van der Waals surface area contributed by atoms with E-state index in [0.717, 1.165) is 48.6 Å².